The van der Waals surface area contributed by atoms with Gasteiger partial charge in [0, 0.05) is 17.9 Å². The number of carboxylic acid groups (broad SMARTS) is 1. The van der Waals surface area contributed by atoms with E-state index in [0.717, 1.165) is 5.56 Å². The first kappa shape index (κ1) is 16.5. The van der Waals surface area contributed by atoms with Gasteiger partial charge in [0.25, 0.3) is 0 Å². The molecule has 0 atom stereocenters. The minimum Gasteiger partial charge on any atom is -0.490 e. The summed E-state index contributed by atoms with van der Waals surface area (Å²) in [5, 5.41) is 9.10. The fraction of sp³-hybridized carbons (Fsp3) is 0.467. The van der Waals surface area contributed by atoms with E-state index in [0.29, 0.717) is 22.8 Å². The zero-order valence-corrected chi connectivity index (χ0v) is 12.7. The van der Waals surface area contributed by atoms with Crippen LogP contribution in [0.5, 0.6) is 5.75 Å². The van der Waals surface area contributed by atoms with Crippen LogP contribution in [0, 0.1) is 6.92 Å². The van der Waals surface area contributed by atoms with Crippen LogP contribution in [0.25, 0.3) is 0 Å². The van der Waals surface area contributed by atoms with Crippen LogP contribution < -0.4 is 4.74 Å². The second-order valence-electron chi connectivity index (χ2n) is 4.93. The Morgan fingerprint density at radius 3 is 2.50 bits per heavy atom. The van der Waals surface area contributed by atoms with E-state index in [9.17, 15) is 9.59 Å². The Kier molecular flexibility index (Phi) is 6.02. The van der Waals surface area contributed by atoms with Crippen molar-refractivity contribution in [3.63, 3.8) is 0 Å². The zero-order chi connectivity index (χ0) is 15.3. The van der Waals surface area contributed by atoms with Crippen LogP contribution in [0.15, 0.2) is 12.1 Å². The van der Waals surface area contributed by atoms with Gasteiger partial charge in [-0.3, -0.25) is 9.59 Å². The number of ketones is 1. The average Bonchev–Trinajstić information content (AvgIpc) is 2.32. The number of benzene rings is 1. The Morgan fingerprint density at radius 2 is 1.95 bits per heavy atom. The zero-order valence-electron chi connectivity index (χ0n) is 11.9. The van der Waals surface area contributed by atoms with Gasteiger partial charge < -0.3 is 9.84 Å². The molecule has 0 spiro atoms. The molecule has 0 saturated heterocycles. The SMILES string of the molecule is Cc1cc(OC(C)C)c(C(=O)CCCC(=O)O)cc1Cl. The smallest absolute Gasteiger partial charge is 0.303 e. The lowest BCUT2D eigenvalue weighted by molar-refractivity contribution is -0.137. The summed E-state index contributed by atoms with van der Waals surface area (Å²) in [6.07, 6.45) is 0.397. The number of hydrogen-bond donors (Lipinski definition) is 1. The molecule has 0 aliphatic rings. The van der Waals surface area contributed by atoms with Crippen LogP contribution in [-0.4, -0.2) is 23.0 Å². The molecule has 4 nitrogen and oxygen atoms in total. The molecule has 5 heteroatoms. The summed E-state index contributed by atoms with van der Waals surface area (Å²) in [5.74, 6) is -0.551. The predicted molar refractivity (Wildman–Crippen MR) is 77.8 cm³/mol. The third-order valence-corrected chi connectivity index (χ3v) is 3.13. The van der Waals surface area contributed by atoms with E-state index in [1.807, 2.05) is 20.8 Å². The Bertz CT molecular complexity index is 509. The highest BCUT2D eigenvalue weighted by molar-refractivity contribution is 6.31. The van der Waals surface area contributed by atoms with Gasteiger partial charge >= 0.3 is 5.97 Å². The van der Waals surface area contributed by atoms with Crippen LogP contribution in [-0.2, 0) is 4.79 Å². The molecule has 1 aromatic carbocycles. The number of carboxylic acids is 1. The molecular weight excluding hydrogens is 280 g/mol. The highest BCUT2D eigenvalue weighted by Crippen LogP contribution is 2.29. The molecule has 0 fully saturated rings. The molecule has 0 aliphatic heterocycles. The first-order valence-electron chi connectivity index (χ1n) is 6.53. The molecule has 0 heterocycles. The average molecular weight is 299 g/mol. The highest BCUT2D eigenvalue weighted by Gasteiger charge is 2.16. The molecular formula is C15H19ClO4. The molecule has 0 saturated carbocycles. The third kappa shape index (κ3) is 4.85. The van der Waals surface area contributed by atoms with Gasteiger partial charge in [0.1, 0.15) is 5.75 Å². The van der Waals surface area contributed by atoms with E-state index in [-0.39, 0.29) is 24.7 Å². The Morgan fingerprint density at radius 1 is 1.30 bits per heavy atom. The van der Waals surface area contributed by atoms with Crippen molar-refractivity contribution >= 4 is 23.4 Å². The van der Waals surface area contributed by atoms with E-state index in [1.54, 1.807) is 12.1 Å². The van der Waals surface area contributed by atoms with Crippen molar-refractivity contribution in [1.82, 2.24) is 0 Å². The van der Waals surface area contributed by atoms with Crippen LogP contribution in [0.3, 0.4) is 0 Å². The molecule has 0 unspecified atom stereocenters. The number of rotatable bonds is 7. The van der Waals surface area contributed by atoms with Crippen molar-refractivity contribution in [1.29, 1.82) is 0 Å². The van der Waals surface area contributed by atoms with E-state index in [2.05, 4.69) is 0 Å². The lowest BCUT2D eigenvalue weighted by Crippen LogP contribution is -2.11. The van der Waals surface area contributed by atoms with E-state index in [4.69, 9.17) is 21.4 Å². The van der Waals surface area contributed by atoms with Gasteiger partial charge in [0.05, 0.1) is 11.7 Å². The summed E-state index contributed by atoms with van der Waals surface area (Å²) >= 11 is 6.05. The maximum atomic E-state index is 12.2. The number of ether oxygens (including phenoxy) is 1. The third-order valence-electron chi connectivity index (χ3n) is 2.72. The summed E-state index contributed by atoms with van der Waals surface area (Å²) < 4.78 is 5.63. The Balaban J connectivity index is 2.93. The molecule has 110 valence electrons. The molecule has 1 rings (SSSR count). The molecule has 0 bridgehead atoms. The molecule has 20 heavy (non-hydrogen) atoms. The maximum Gasteiger partial charge on any atom is 0.303 e. The van der Waals surface area contributed by atoms with Crippen LogP contribution in [0.1, 0.15) is 49.0 Å². The number of aryl methyl sites for hydroxylation is 1. The lowest BCUT2D eigenvalue weighted by Gasteiger charge is -2.15. The maximum absolute atomic E-state index is 12.2. The number of hydrogen-bond acceptors (Lipinski definition) is 3. The second kappa shape index (κ2) is 7.29. The van der Waals surface area contributed by atoms with Gasteiger partial charge in [-0.15, -0.1) is 0 Å². The molecule has 1 N–H and O–H groups in total. The van der Waals surface area contributed by atoms with Crippen molar-refractivity contribution < 1.29 is 19.4 Å². The summed E-state index contributed by atoms with van der Waals surface area (Å²) in [5.41, 5.74) is 1.25. The minimum absolute atomic E-state index is 0.0221. The van der Waals surface area contributed by atoms with Gasteiger partial charge in [-0.05, 0) is 44.9 Å². The first-order valence-corrected chi connectivity index (χ1v) is 6.91. The number of Topliss-reactive ketones (excluding diaryl/α,β-unsaturated/α-hetero) is 1. The molecule has 0 amide bonds. The summed E-state index contributed by atoms with van der Waals surface area (Å²) in [6.45, 7) is 5.60. The Hall–Kier alpha value is -1.55. The van der Waals surface area contributed by atoms with Gasteiger partial charge in [-0.1, -0.05) is 11.6 Å². The van der Waals surface area contributed by atoms with E-state index in [1.165, 1.54) is 0 Å². The fourth-order valence-corrected chi connectivity index (χ4v) is 1.92. The largest absolute Gasteiger partial charge is 0.490 e. The second-order valence-corrected chi connectivity index (χ2v) is 5.34. The van der Waals surface area contributed by atoms with E-state index >= 15 is 0 Å². The number of carbonyl (C=O) groups is 2. The van der Waals surface area contributed by atoms with E-state index < -0.39 is 5.97 Å². The van der Waals surface area contributed by atoms with Gasteiger partial charge in [-0.2, -0.15) is 0 Å². The quantitative estimate of drug-likeness (QED) is 0.776. The van der Waals surface area contributed by atoms with Crippen molar-refractivity contribution in [2.45, 2.75) is 46.1 Å². The summed E-state index contributed by atoms with van der Waals surface area (Å²) in [7, 11) is 0. The monoisotopic (exact) mass is 298 g/mol. The summed E-state index contributed by atoms with van der Waals surface area (Å²) in [6, 6.07) is 3.34. The van der Waals surface area contributed by atoms with Gasteiger partial charge in [0.2, 0.25) is 0 Å². The van der Waals surface area contributed by atoms with Gasteiger partial charge in [0.15, 0.2) is 5.78 Å². The van der Waals surface area contributed by atoms with Crippen molar-refractivity contribution in [3.8, 4) is 5.75 Å². The Labute approximate surface area is 123 Å². The minimum atomic E-state index is -0.904. The van der Waals surface area contributed by atoms with Crippen LogP contribution in [0.2, 0.25) is 5.02 Å². The van der Waals surface area contributed by atoms with Crippen molar-refractivity contribution in [3.05, 3.63) is 28.3 Å². The van der Waals surface area contributed by atoms with Crippen LogP contribution >= 0.6 is 11.6 Å². The predicted octanol–water partition coefficient (Wildman–Crippen LogP) is 3.87. The molecule has 0 aromatic heterocycles. The lowest BCUT2D eigenvalue weighted by atomic mass is 10.0. The van der Waals surface area contributed by atoms with Gasteiger partial charge in [-0.25, -0.2) is 0 Å². The normalized spacial score (nSPS) is 10.7. The van der Waals surface area contributed by atoms with Crippen molar-refractivity contribution in [2.24, 2.45) is 0 Å². The fourth-order valence-electron chi connectivity index (χ4n) is 1.76. The number of halogens is 1. The molecule has 0 radical (unpaired) electrons. The first-order chi connectivity index (χ1) is 9.31. The molecule has 1 aromatic rings. The molecule has 0 aliphatic carbocycles. The summed E-state index contributed by atoms with van der Waals surface area (Å²) in [4.78, 5) is 22.6. The topological polar surface area (TPSA) is 63.6 Å². The van der Waals surface area contributed by atoms with Crippen molar-refractivity contribution in [2.75, 3.05) is 0 Å². The highest BCUT2D eigenvalue weighted by atomic mass is 35.5. The van der Waals surface area contributed by atoms with Crippen LogP contribution in [0.4, 0.5) is 0 Å². The number of aliphatic carboxylic acids is 1. The standard InChI is InChI=1S/C15H19ClO4/c1-9(2)20-14-7-10(3)12(16)8-11(14)13(17)5-4-6-15(18)19/h7-9H,4-6H2,1-3H3,(H,18,19). The number of carbonyl (C=O) groups excluding carboxylic acids is 1.